The molecule has 2 N–H and O–H groups in total. The van der Waals surface area contributed by atoms with Crippen molar-refractivity contribution in [3.8, 4) is 0 Å². The minimum atomic E-state index is 0. The topological polar surface area (TPSA) is 66.6 Å². The second-order valence-electron chi connectivity index (χ2n) is 5.56. The zero-order valence-corrected chi connectivity index (χ0v) is 14.7. The maximum absolute atomic E-state index is 12.5. The van der Waals surface area contributed by atoms with Gasteiger partial charge in [-0.25, -0.2) is 0 Å². The van der Waals surface area contributed by atoms with Gasteiger partial charge in [0, 0.05) is 43.9 Å². The quantitative estimate of drug-likeness (QED) is 0.838. The SMILES string of the molecule is CCN(CC)C(=O)CCC(=O)N1CCCc2c(N)cccc21.Cl. The summed E-state index contributed by atoms with van der Waals surface area (Å²) >= 11 is 0. The van der Waals surface area contributed by atoms with E-state index in [1.807, 2.05) is 32.0 Å². The Morgan fingerprint density at radius 1 is 1.22 bits per heavy atom. The first-order valence-corrected chi connectivity index (χ1v) is 8.04. The molecule has 5 nitrogen and oxygen atoms in total. The Morgan fingerprint density at radius 2 is 1.91 bits per heavy atom. The molecule has 1 aliphatic rings. The van der Waals surface area contributed by atoms with Crippen molar-refractivity contribution >= 4 is 35.6 Å². The van der Waals surface area contributed by atoms with Crippen LogP contribution in [0.3, 0.4) is 0 Å². The van der Waals surface area contributed by atoms with Crippen LogP contribution in [0.5, 0.6) is 0 Å². The van der Waals surface area contributed by atoms with Crippen molar-refractivity contribution in [1.29, 1.82) is 0 Å². The standard InChI is InChI=1S/C17H25N3O2.ClH/c1-3-19(4-2)16(21)10-11-17(22)20-12-6-7-13-14(18)8-5-9-15(13)20;/h5,8-9H,3-4,6-7,10-12,18H2,1-2H3;1H. The summed E-state index contributed by atoms with van der Waals surface area (Å²) in [5, 5.41) is 0. The van der Waals surface area contributed by atoms with E-state index < -0.39 is 0 Å². The van der Waals surface area contributed by atoms with Gasteiger partial charge in [0.2, 0.25) is 11.8 Å². The van der Waals surface area contributed by atoms with Gasteiger partial charge < -0.3 is 15.5 Å². The van der Waals surface area contributed by atoms with Gasteiger partial charge in [-0.2, -0.15) is 0 Å². The van der Waals surface area contributed by atoms with E-state index in [0.29, 0.717) is 19.6 Å². The van der Waals surface area contributed by atoms with Crippen LogP contribution in [0.25, 0.3) is 0 Å². The van der Waals surface area contributed by atoms with Crippen molar-refractivity contribution in [2.75, 3.05) is 30.3 Å². The van der Waals surface area contributed by atoms with E-state index in [0.717, 1.165) is 29.8 Å². The van der Waals surface area contributed by atoms with E-state index in [4.69, 9.17) is 5.73 Å². The van der Waals surface area contributed by atoms with E-state index in [1.54, 1.807) is 9.80 Å². The molecule has 2 rings (SSSR count). The lowest BCUT2D eigenvalue weighted by atomic mass is 9.99. The van der Waals surface area contributed by atoms with Crippen molar-refractivity contribution in [1.82, 2.24) is 4.90 Å². The summed E-state index contributed by atoms with van der Waals surface area (Å²) in [4.78, 5) is 28.1. The number of carbonyl (C=O) groups excluding carboxylic acids is 2. The summed E-state index contributed by atoms with van der Waals surface area (Å²) in [5.41, 5.74) is 8.71. The van der Waals surface area contributed by atoms with Gasteiger partial charge in [-0.3, -0.25) is 9.59 Å². The Labute approximate surface area is 144 Å². The van der Waals surface area contributed by atoms with Crippen molar-refractivity contribution in [2.45, 2.75) is 39.5 Å². The summed E-state index contributed by atoms with van der Waals surface area (Å²) < 4.78 is 0. The van der Waals surface area contributed by atoms with Crippen LogP contribution in [-0.4, -0.2) is 36.3 Å². The average molecular weight is 340 g/mol. The summed E-state index contributed by atoms with van der Waals surface area (Å²) in [5.74, 6) is 0.0511. The summed E-state index contributed by atoms with van der Waals surface area (Å²) in [7, 11) is 0. The number of amides is 2. The summed E-state index contributed by atoms with van der Waals surface area (Å²) in [6, 6.07) is 5.69. The summed E-state index contributed by atoms with van der Waals surface area (Å²) in [6.45, 7) is 5.98. The summed E-state index contributed by atoms with van der Waals surface area (Å²) in [6.07, 6.45) is 2.35. The second kappa shape index (κ2) is 8.77. The van der Waals surface area contributed by atoms with Crippen LogP contribution < -0.4 is 10.6 Å². The molecule has 0 radical (unpaired) electrons. The van der Waals surface area contributed by atoms with Crippen LogP contribution in [0.4, 0.5) is 11.4 Å². The Hall–Kier alpha value is -1.75. The number of fused-ring (bicyclic) bond motifs is 1. The Bertz CT molecular complexity index is 559. The third-order valence-electron chi connectivity index (χ3n) is 4.26. The molecule has 23 heavy (non-hydrogen) atoms. The molecule has 1 aromatic rings. The highest BCUT2D eigenvalue weighted by Gasteiger charge is 2.24. The zero-order valence-electron chi connectivity index (χ0n) is 13.9. The monoisotopic (exact) mass is 339 g/mol. The lowest BCUT2D eigenvalue weighted by Crippen LogP contribution is -2.37. The highest BCUT2D eigenvalue weighted by molar-refractivity contribution is 5.97. The van der Waals surface area contributed by atoms with Crippen molar-refractivity contribution in [3.05, 3.63) is 23.8 Å². The lowest BCUT2D eigenvalue weighted by molar-refractivity contribution is -0.132. The largest absolute Gasteiger partial charge is 0.398 e. The van der Waals surface area contributed by atoms with E-state index in [-0.39, 0.29) is 37.1 Å². The van der Waals surface area contributed by atoms with Crippen molar-refractivity contribution < 1.29 is 9.59 Å². The number of rotatable bonds is 5. The second-order valence-corrected chi connectivity index (χ2v) is 5.56. The fourth-order valence-corrected chi connectivity index (χ4v) is 2.99. The molecule has 1 aromatic carbocycles. The molecule has 1 aliphatic heterocycles. The molecule has 0 saturated carbocycles. The molecule has 0 aromatic heterocycles. The molecule has 0 spiro atoms. The van der Waals surface area contributed by atoms with Crippen LogP contribution >= 0.6 is 12.4 Å². The Morgan fingerprint density at radius 3 is 2.57 bits per heavy atom. The van der Waals surface area contributed by atoms with Crippen LogP contribution in [0.2, 0.25) is 0 Å². The van der Waals surface area contributed by atoms with E-state index in [1.165, 1.54) is 0 Å². The first kappa shape index (κ1) is 19.3. The number of hydrogen-bond donors (Lipinski definition) is 1. The predicted molar refractivity (Wildman–Crippen MR) is 95.9 cm³/mol. The molecular formula is C17H26ClN3O2. The number of hydrogen-bond acceptors (Lipinski definition) is 3. The van der Waals surface area contributed by atoms with Gasteiger partial charge in [0.05, 0.1) is 0 Å². The minimum absolute atomic E-state index is 0. The van der Waals surface area contributed by atoms with Gasteiger partial charge in [0.25, 0.3) is 0 Å². The van der Waals surface area contributed by atoms with Crippen LogP contribution in [0.1, 0.15) is 38.7 Å². The highest BCUT2D eigenvalue weighted by Crippen LogP contribution is 2.31. The number of halogens is 1. The predicted octanol–water partition coefficient (Wildman–Crippen LogP) is 2.62. The number of anilines is 2. The molecule has 0 fully saturated rings. The number of nitrogen functional groups attached to an aromatic ring is 1. The van der Waals surface area contributed by atoms with Gasteiger partial charge in [-0.05, 0) is 44.4 Å². The molecule has 128 valence electrons. The zero-order chi connectivity index (χ0) is 16.1. The lowest BCUT2D eigenvalue weighted by Gasteiger charge is -2.30. The third-order valence-corrected chi connectivity index (χ3v) is 4.26. The van der Waals surface area contributed by atoms with E-state index in [2.05, 4.69) is 0 Å². The van der Waals surface area contributed by atoms with Crippen molar-refractivity contribution in [3.63, 3.8) is 0 Å². The van der Waals surface area contributed by atoms with Crippen LogP contribution in [0.15, 0.2) is 18.2 Å². The maximum Gasteiger partial charge on any atom is 0.227 e. The van der Waals surface area contributed by atoms with E-state index >= 15 is 0 Å². The molecule has 0 saturated heterocycles. The van der Waals surface area contributed by atoms with Gasteiger partial charge in [-0.15, -0.1) is 12.4 Å². The molecule has 0 bridgehead atoms. The normalized spacial score (nSPS) is 13.0. The fourth-order valence-electron chi connectivity index (χ4n) is 2.99. The molecule has 6 heteroatoms. The minimum Gasteiger partial charge on any atom is -0.398 e. The first-order chi connectivity index (χ1) is 10.6. The van der Waals surface area contributed by atoms with Gasteiger partial charge >= 0.3 is 0 Å². The first-order valence-electron chi connectivity index (χ1n) is 8.04. The number of carbonyl (C=O) groups is 2. The van der Waals surface area contributed by atoms with Gasteiger partial charge in [0.1, 0.15) is 0 Å². The van der Waals surface area contributed by atoms with Gasteiger partial charge in [0.15, 0.2) is 0 Å². The maximum atomic E-state index is 12.5. The van der Waals surface area contributed by atoms with Gasteiger partial charge in [-0.1, -0.05) is 6.07 Å². The average Bonchev–Trinajstić information content (AvgIpc) is 2.53. The number of nitrogens with zero attached hydrogens (tertiary/aromatic N) is 2. The highest BCUT2D eigenvalue weighted by atomic mass is 35.5. The van der Waals surface area contributed by atoms with Crippen LogP contribution in [0, 0.1) is 0 Å². The molecule has 0 atom stereocenters. The molecule has 2 amide bonds. The number of nitrogens with two attached hydrogens (primary N) is 1. The smallest absolute Gasteiger partial charge is 0.227 e. The van der Waals surface area contributed by atoms with Crippen LogP contribution in [-0.2, 0) is 16.0 Å². The van der Waals surface area contributed by atoms with E-state index in [9.17, 15) is 9.59 Å². The Balaban J connectivity index is 0.00000264. The molecule has 0 aliphatic carbocycles. The third kappa shape index (κ3) is 4.38. The molecular weight excluding hydrogens is 314 g/mol. The fraction of sp³-hybridized carbons (Fsp3) is 0.529. The molecule has 0 unspecified atom stereocenters. The number of benzene rings is 1. The molecule has 1 heterocycles. The van der Waals surface area contributed by atoms with Crippen molar-refractivity contribution in [2.24, 2.45) is 0 Å². The Kier molecular flexibility index (Phi) is 7.36.